The Kier molecular flexibility index (Phi) is 5.75. The second-order valence-corrected chi connectivity index (χ2v) is 7.45. The third kappa shape index (κ3) is 4.65. The molecule has 0 saturated carbocycles. The van der Waals surface area contributed by atoms with E-state index in [2.05, 4.69) is 15.5 Å². The molecule has 2 aromatic carbocycles. The number of carbonyl (C=O) groups is 1. The maximum atomic E-state index is 12.9. The number of nitrogen functional groups attached to an aromatic ring is 1. The Balaban J connectivity index is 1.61. The van der Waals surface area contributed by atoms with Crippen LogP contribution < -0.4 is 11.2 Å². The molecule has 8 heteroatoms. The van der Waals surface area contributed by atoms with Crippen LogP contribution in [0, 0.1) is 12.7 Å². The predicted molar refractivity (Wildman–Crippen MR) is 104 cm³/mol. The molecule has 0 saturated heterocycles. The summed E-state index contributed by atoms with van der Waals surface area (Å²) in [5.74, 6) is 6.18. The van der Waals surface area contributed by atoms with E-state index >= 15 is 0 Å². The summed E-state index contributed by atoms with van der Waals surface area (Å²) in [6, 6.07) is 13.8. The van der Waals surface area contributed by atoms with Gasteiger partial charge in [0.15, 0.2) is 5.82 Å². The molecule has 0 aliphatic carbocycles. The first-order chi connectivity index (χ1) is 12.9. The largest absolute Gasteiger partial charge is 0.351 e. The van der Waals surface area contributed by atoms with Crippen molar-refractivity contribution < 1.29 is 9.18 Å². The lowest BCUT2D eigenvalue weighted by Crippen LogP contribution is -2.30. The number of carbonyl (C=O) groups excluding carboxylic acids is 1. The number of hydrogen-bond donors (Lipinski definition) is 2. The summed E-state index contributed by atoms with van der Waals surface area (Å²) in [4.78, 5) is 12.3. The summed E-state index contributed by atoms with van der Waals surface area (Å²) in [6.45, 7) is 4.10. The summed E-state index contributed by atoms with van der Waals surface area (Å²) in [5, 5.41) is 11.1. The minimum atomic E-state index is -0.414. The minimum absolute atomic E-state index is 0.163. The van der Waals surface area contributed by atoms with Gasteiger partial charge in [-0.3, -0.25) is 4.79 Å². The van der Waals surface area contributed by atoms with Gasteiger partial charge < -0.3 is 11.2 Å². The third-order valence-corrected chi connectivity index (χ3v) is 5.06. The predicted octanol–water partition coefficient (Wildman–Crippen LogP) is 2.90. The van der Waals surface area contributed by atoms with Crippen molar-refractivity contribution in [2.75, 3.05) is 5.84 Å². The van der Waals surface area contributed by atoms with Crippen molar-refractivity contribution in [1.82, 2.24) is 20.2 Å². The zero-order chi connectivity index (χ0) is 19.4. The molecule has 1 aromatic heterocycles. The monoisotopic (exact) mass is 385 g/mol. The number of rotatable bonds is 6. The molecule has 1 atom stereocenters. The van der Waals surface area contributed by atoms with Crippen LogP contribution in [-0.4, -0.2) is 26.0 Å². The van der Waals surface area contributed by atoms with Crippen LogP contribution in [0.25, 0.3) is 11.4 Å². The smallest absolute Gasteiger partial charge is 0.233 e. The number of amides is 1. The van der Waals surface area contributed by atoms with E-state index in [1.807, 2.05) is 31.2 Å². The molecule has 0 aliphatic rings. The zero-order valence-electron chi connectivity index (χ0n) is 15.0. The van der Waals surface area contributed by atoms with Gasteiger partial charge >= 0.3 is 0 Å². The van der Waals surface area contributed by atoms with Crippen LogP contribution in [0.4, 0.5) is 4.39 Å². The van der Waals surface area contributed by atoms with E-state index in [1.54, 1.807) is 19.1 Å². The summed E-state index contributed by atoms with van der Waals surface area (Å²) in [6.07, 6.45) is 0. The second-order valence-electron chi connectivity index (χ2n) is 6.15. The van der Waals surface area contributed by atoms with Gasteiger partial charge in [0, 0.05) is 12.1 Å². The molecule has 0 aliphatic heterocycles. The van der Waals surface area contributed by atoms with Gasteiger partial charge in [0.1, 0.15) is 5.82 Å². The SMILES string of the molecule is Cc1ccc(-c2nnc(SC(C)C(=O)NCc3ccc(F)cc3)n2N)cc1. The van der Waals surface area contributed by atoms with E-state index in [-0.39, 0.29) is 11.7 Å². The lowest BCUT2D eigenvalue weighted by Gasteiger charge is -2.11. The first-order valence-electron chi connectivity index (χ1n) is 8.40. The molecular weight excluding hydrogens is 365 g/mol. The Labute approximate surface area is 161 Å². The van der Waals surface area contributed by atoms with Crippen molar-refractivity contribution in [1.29, 1.82) is 0 Å². The molecule has 3 rings (SSSR count). The fourth-order valence-electron chi connectivity index (χ4n) is 2.40. The highest BCUT2D eigenvalue weighted by Crippen LogP contribution is 2.25. The Morgan fingerprint density at radius 1 is 1.19 bits per heavy atom. The number of aryl methyl sites for hydroxylation is 1. The number of aromatic nitrogens is 3. The maximum absolute atomic E-state index is 12.9. The van der Waals surface area contributed by atoms with Crippen molar-refractivity contribution in [3.63, 3.8) is 0 Å². The molecule has 0 radical (unpaired) electrons. The third-order valence-electron chi connectivity index (χ3n) is 4.01. The van der Waals surface area contributed by atoms with Gasteiger partial charge in [-0.15, -0.1) is 10.2 Å². The van der Waals surface area contributed by atoms with Crippen molar-refractivity contribution in [2.24, 2.45) is 0 Å². The van der Waals surface area contributed by atoms with Crippen molar-refractivity contribution >= 4 is 17.7 Å². The molecule has 0 spiro atoms. The fourth-order valence-corrected chi connectivity index (χ4v) is 3.20. The maximum Gasteiger partial charge on any atom is 0.233 e. The molecular formula is C19H20FN5OS. The average Bonchev–Trinajstić information content (AvgIpc) is 3.02. The Morgan fingerprint density at radius 2 is 1.85 bits per heavy atom. The Hall–Kier alpha value is -2.87. The minimum Gasteiger partial charge on any atom is -0.351 e. The standard InChI is InChI=1S/C19H20FN5OS/c1-12-3-7-15(8-4-12)17-23-24-19(25(17)21)27-13(2)18(26)22-11-14-5-9-16(20)10-6-14/h3-10,13H,11,21H2,1-2H3,(H,22,26). The van der Waals surface area contributed by atoms with Gasteiger partial charge in [-0.1, -0.05) is 53.7 Å². The van der Waals surface area contributed by atoms with Crippen LogP contribution >= 0.6 is 11.8 Å². The van der Waals surface area contributed by atoms with Gasteiger partial charge in [-0.25, -0.2) is 9.07 Å². The van der Waals surface area contributed by atoms with Crippen LogP contribution in [0.15, 0.2) is 53.7 Å². The van der Waals surface area contributed by atoms with Gasteiger partial charge in [-0.05, 0) is 31.5 Å². The summed E-state index contributed by atoms with van der Waals surface area (Å²) < 4.78 is 14.3. The van der Waals surface area contributed by atoms with E-state index in [1.165, 1.54) is 28.6 Å². The van der Waals surface area contributed by atoms with Crippen LogP contribution in [-0.2, 0) is 11.3 Å². The molecule has 3 aromatic rings. The lowest BCUT2D eigenvalue weighted by atomic mass is 10.1. The summed E-state index contributed by atoms with van der Waals surface area (Å²) in [5.41, 5.74) is 2.82. The zero-order valence-corrected chi connectivity index (χ0v) is 15.8. The van der Waals surface area contributed by atoms with Crippen LogP contribution in [0.5, 0.6) is 0 Å². The first-order valence-corrected chi connectivity index (χ1v) is 9.28. The highest BCUT2D eigenvalue weighted by Gasteiger charge is 2.19. The molecule has 0 fully saturated rings. The number of nitrogens with two attached hydrogens (primary N) is 1. The summed E-state index contributed by atoms with van der Waals surface area (Å²) >= 11 is 1.23. The number of thioether (sulfide) groups is 1. The van der Waals surface area contributed by atoms with Crippen LogP contribution in [0.2, 0.25) is 0 Å². The topological polar surface area (TPSA) is 85.8 Å². The fraction of sp³-hybridized carbons (Fsp3) is 0.211. The molecule has 3 N–H and O–H groups in total. The van der Waals surface area contributed by atoms with Crippen LogP contribution in [0.3, 0.4) is 0 Å². The normalized spacial score (nSPS) is 12.0. The van der Waals surface area contributed by atoms with E-state index in [0.29, 0.717) is 17.5 Å². The van der Waals surface area contributed by atoms with Crippen molar-refractivity contribution in [3.05, 3.63) is 65.5 Å². The molecule has 0 bridgehead atoms. The van der Waals surface area contributed by atoms with Crippen LogP contribution in [0.1, 0.15) is 18.1 Å². The quantitative estimate of drug-likeness (QED) is 0.503. The number of benzene rings is 2. The number of nitrogens with zero attached hydrogens (tertiary/aromatic N) is 3. The summed E-state index contributed by atoms with van der Waals surface area (Å²) in [7, 11) is 0. The molecule has 1 unspecified atom stereocenters. The Morgan fingerprint density at radius 3 is 2.52 bits per heavy atom. The number of halogens is 1. The molecule has 140 valence electrons. The van der Waals surface area contributed by atoms with Gasteiger partial charge in [0.2, 0.25) is 11.1 Å². The van der Waals surface area contributed by atoms with Gasteiger partial charge in [0.25, 0.3) is 0 Å². The van der Waals surface area contributed by atoms with E-state index in [4.69, 9.17) is 5.84 Å². The highest BCUT2D eigenvalue weighted by atomic mass is 32.2. The molecule has 1 heterocycles. The second kappa shape index (κ2) is 8.22. The van der Waals surface area contributed by atoms with Crippen molar-refractivity contribution in [2.45, 2.75) is 30.8 Å². The number of hydrogen-bond acceptors (Lipinski definition) is 5. The van der Waals surface area contributed by atoms with Gasteiger partial charge in [0.05, 0.1) is 5.25 Å². The van der Waals surface area contributed by atoms with E-state index in [9.17, 15) is 9.18 Å². The molecule has 27 heavy (non-hydrogen) atoms. The van der Waals surface area contributed by atoms with E-state index < -0.39 is 5.25 Å². The lowest BCUT2D eigenvalue weighted by molar-refractivity contribution is -0.120. The molecule has 1 amide bonds. The first kappa shape index (κ1) is 18.9. The van der Waals surface area contributed by atoms with Crippen molar-refractivity contribution in [3.8, 4) is 11.4 Å². The Bertz CT molecular complexity index is 924. The number of nitrogens with one attached hydrogen (secondary N) is 1. The highest BCUT2D eigenvalue weighted by molar-refractivity contribution is 8.00. The molecule has 6 nitrogen and oxygen atoms in total. The van der Waals surface area contributed by atoms with Gasteiger partial charge in [-0.2, -0.15) is 0 Å². The van der Waals surface area contributed by atoms with E-state index in [0.717, 1.165) is 16.7 Å². The average molecular weight is 385 g/mol.